The van der Waals surface area contributed by atoms with Crippen molar-refractivity contribution >= 4 is 24.0 Å². The molecule has 0 saturated heterocycles. The van der Waals surface area contributed by atoms with Crippen LogP contribution in [0.1, 0.15) is 176 Å². The summed E-state index contributed by atoms with van der Waals surface area (Å²) < 4.78 is 20.5. The summed E-state index contributed by atoms with van der Waals surface area (Å²) in [5.41, 5.74) is 17.6. The summed E-state index contributed by atoms with van der Waals surface area (Å²) in [6, 6.07) is 0. The summed E-state index contributed by atoms with van der Waals surface area (Å²) in [4.78, 5) is 54.9. The van der Waals surface area contributed by atoms with Gasteiger partial charge in [0.25, 0.3) is 0 Å². The molecule has 23 heteroatoms. The van der Waals surface area contributed by atoms with E-state index in [1.165, 1.54) is 37.8 Å². The highest BCUT2D eigenvalue weighted by Gasteiger charge is 2.66. The molecule has 8 rings (SSSR count). The van der Waals surface area contributed by atoms with Crippen molar-refractivity contribution in [2.45, 2.75) is 219 Å². The molecule has 8 fully saturated rings. The highest BCUT2D eigenvalue weighted by molar-refractivity contribution is 5.88. The third-order valence-electron chi connectivity index (χ3n) is 24.6. The van der Waals surface area contributed by atoms with Crippen LogP contribution in [0, 0.1) is 117 Å². The van der Waals surface area contributed by atoms with E-state index >= 15 is 0 Å². The molecule has 8 aliphatic rings. The Hall–Kier alpha value is -5.58. The van der Waals surface area contributed by atoms with E-state index in [4.69, 9.17) is 42.9 Å². The number of nitrogens with one attached hydrogen (secondary N) is 4. The van der Waals surface area contributed by atoms with Gasteiger partial charge in [0.15, 0.2) is 0 Å². The number of nitrogens with zero attached hydrogens (tertiary/aromatic N) is 6. The first-order chi connectivity index (χ1) is 44.5. The van der Waals surface area contributed by atoms with Gasteiger partial charge in [-0.25, -0.2) is 9.59 Å². The zero-order valence-electron chi connectivity index (χ0n) is 56.1. The smallest absolute Gasteiger partial charge is 0.408 e. The van der Waals surface area contributed by atoms with Gasteiger partial charge in [0.2, 0.25) is 11.8 Å². The molecule has 23 nitrogen and oxygen atoms in total. The number of ether oxygens (including phenoxy) is 4. The number of aliphatic hydroxyl groups excluding tert-OH is 5. The molecule has 23 atom stereocenters. The topological polar surface area (TPSA) is 352 Å². The number of carbonyl (C=O) groups is 4. The summed E-state index contributed by atoms with van der Waals surface area (Å²) >= 11 is 0. The first-order valence-electron chi connectivity index (χ1n) is 34.7. The van der Waals surface area contributed by atoms with Gasteiger partial charge in [0.05, 0.1) is 70.0 Å². The van der Waals surface area contributed by atoms with Gasteiger partial charge in [-0.05, 0) is 238 Å². The second-order valence-electron chi connectivity index (χ2n) is 29.5. The number of fused-ring (bicyclic) bond motifs is 10. The lowest BCUT2D eigenvalue weighted by molar-refractivity contribution is -0.207. The predicted molar refractivity (Wildman–Crippen MR) is 351 cm³/mol. The first kappa shape index (κ1) is 74.8. The van der Waals surface area contributed by atoms with E-state index in [1.54, 1.807) is 6.08 Å². The molecule has 9 N–H and O–H groups in total. The summed E-state index contributed by atoms with van der Waals surface area (Å²) in [6.07, 6.45) is 30.3. The maximum atomic E-state index is 12.6. The van der Waals surface area contributed by atoms with Crippen LogP contribution < -0.4 is 21.3 Å². The zero-order chi connectivity index (χ0) is 67.5. The van der Waals surface area contributed by atoms with Gasteiger partial charge in [-0.15, -0.1) is 24.7 Å². The molecule has 0 heterocycles. The van der Waals surface area contributed by atoms with Gasteiger partial charge in [-0.3, -0.25) is 9.59 Å². The highest BCUT2D eigenvalue weighted by atomic mass is 16.6. The maximum absolute atomic E-state index is 12.6. The van der Waals surface area contributed by atoms with Crippen LogP contribution in [0.15, 0.2) is 34.5 Å². The van der Waals surface area contributed by atoms with Gasteiger partial charge >= 0.3 is 12.2 Å². The summed E-state index contributed by atoms with van der Waals surface area (Å²) in [6.45, 7) is 14.9. The van der Waals surface area contributed by atoms with Gasteiger partial charge < -0.3 is 65.7 Å². The minimum Gasteiger partial charge on any atom is -0.447 e. The van der Waals surface area contributed by atoms with E-state index in [1.807, 2.05) is 6.08 Å². The maximum Gasteiger partial charge on any atom is 0.408 e. The Bertz CT molecular complexity index is 2730. The molecule has 8 aliphatic carbocycles. The van der Waals surface area contributed by atoms with Crippen LogP contribution in [0.3, 0.4) is 0 Å². The number of terminal acetylenes is 2. The van der Waals surface area contributed by atoms with Crippen molar-refractivity contribution in [3.8, 4) is 24.7 Å². The van der Waals surface area contributed by atoms with Crippen molar-refractivity contribution in [3.63, 3.8) is 0 Å². The van der Waals surface area contributed by atoms with Gasteiger partial charge in [-0.2, -0.15) is 0 Å². The van der Waals surface area contributed by atoms with Crippen LogP contribution >= 0.6 is 0 Å². The number of rotatable bonds is 28. The monoisotopic (exact) mass is 1300 g/mol. The Morgan fingerprint density at radius 1 is 0.559 bits per heavy atom. The number of aliphatic hydroxyl groups is 5. The highest BCUT2D eigenvalue weighted by Crippen LogP contribution is 2.70. The number of allylic oxidation sites excluding steroid dienone is 2. The number of azide groups is 2. The summed E-state index contributed by atoms with van der Waals surface area (Å²) in [5.74, 6) is 8.60. The Morgan fingerprint density at radius 3 is 1.49 bits per heavy atom. The molecule has 0 spiro atoms. The minimum absolute atomic E-state index is 0.00116. The molecule has 0 bridgehead atoms. The molecule has 8 saturated carbocycles. The predicted octanol–water partition coefficient (Wildman–Crippen LogP) is 9.91. The molecule has 0 aromatic heterocycles. The van der Waals surface area contributed by atoms with Crippen LogP contribution in [-0.2, 0) is 28.5 Å². The van der Waals surface area contributed by atoms with Gasteiger partial charge in [-0.1, -0.05) is 63.9 Å². The van der Waals surface area contributed by atoms with Crippen molar-refractivity contribution in [1.29, 1.82) is 0 Å². The Balaban J connectivity index is 0.000000264. The molecule has 0 radical (unpaired) electrons. The summed E-state index contributed by atoms with van der Waals surface area (Å²) in [7, 11) is 0. The lowest BCUT2D eigenvalue weighted by Gasteiger charge is -2.63. The first-order valence-corrected chi connectivity index (χ1v) is 34.7. The molecule has 4 amide bonds. The second kappa shape index (κ2) is 34.9. The number of hydrogen-bond donors (Lipinski definition) is 9. The fraction of sp³-hybridized carbons (Fsp3) is 0.829. The largest absolute Gasteiger partial charge is 0.447 e. The van der Waals surface area contributed by atoms with E-state index < -0.39 is 48.5 Å². The van der Waals surface area contributed by atoms with Crippen LogP contribution in [-0.4, -0.2) is 145 Å². The molecular formula is C70H110N10O13. The Morgan fingerprint density at radius 2 is 1.00 bits per heavy atom. The van der Waals surface area contributed by atoms with Crippen LogP contribution in [0.5, 0.6) is 0 Å². The lowest BCUT2D eigenvalue weighted by atomic mass is 9.43. The number of carbonyl (C=O) groups excluding carboxylic acids is 4. The molecule has 518 valence electrons. The third-order valence-corrected chi connectivity index (χ3v) is 24.6. The fourth-order valence-corrected chi connectivity index (χ4v) is 20.0. The van der Waals surface area contributed by atoms with E-state index in [0.717, 1.165) is 83.5 Å². The lowest BCUT2D eigenvalue weighted by Crippen LogP contribution is -2.62. The Labute approximate surface area is 551 Å². The van der Waals surface area contributed by atoms with E-state index in [2.05, 4.69) is 94.7 Å². The normalized spacial score (nSPS) is 36.8. The molecule has 0 aromatic carbocycles. The van der Waals surface area contributed by atoms with Crippen molar-refractivity contribution in [2.75, 3.05) is 52.7 Å². The summed E-state index contributed by atoms with van der Waals surface area (Å²) in [5, 5.41) is 72.7. The van der Waals surface area contributed by atoms with Crippen molar-refractivity contribution < 1.29 is 63.7 Å². The number of amides is 4. The van der Waals surface area contributed by atoms with E-state index in [-0.39, 0.29) is 97.2 Å². The Kier molecular flexibility index (Phi) is 28.1. The molecule has 0 aromatic rings. The van der Waals surface area contributed by atoms with E-state index in [0.29, 0.717) is 92.2 Å². The minimum atomic E-state index is -0.949. The van der Waals surface area contributed by atoms with Crippen molar-refractivity contribution in [1.82, 2.24) is 21.3 Å². The fourth-order valence-electron chi connectivity index (χ4n) is 20.0. The second-order valence-corrected chi connectivity index (χ2v) is 29.5. The molecular weight excluding hydrogens is 1190 g/mol. The SMILES string of the molecule is C#CCCOCCOC(=O)NC(CN=[N+]=[N-])NC(=O)C=CCC[C@@H](C)[C@H]1CC[C@H]2[C@@H]3C(O)C[C@@H]4C[C@H](O)CC[C@]4(C)[C@H]3CC[C@]12C.C#CCCOCCOC(=O)NC(CN=[N+]=[N-])NC(=O)C=CCC[C@@H](C)[C@H]1CC[C@H]2[C@@H]3[C@H](O)C[C@@H]4C[C@H](O)CC[C@]4(C)[C@H]3C[C@H](O)[C@]12C. The quantitative estimate of drug-likeness (QED) is 0.00670. The average molecular weight is 1300 g/mol. The van der Waals surface area contributed by atoms with E-state index in [9.17, 15) is 44.7 Å². The van der Waals surface area contributed by atoms with Gasteiger partial charge in [0, 0.05) is 22.7 Å². The molecule has 0 aliphatic heterocycles. The van der Waals surface area contributed by atoms with Crippen molar-refractivity contribution in [3.05, 3.63) is 45.2 Å². The third kappa shape index (κ3) is 18.5. The molecule has 3 unspecified atom stereocenters. The standard InChI is InChI=1S/C35H55N5O7.C35H55N5O6/c1-5-6-15-46-16-17-47-33(45)39-30(21-37-40-36)38-31(44)10-8-7-9-22(2)25-11-12-26-32-27(20-29(43)35(25,26)4)34(3)14-13-24(41)18-23(34)19-28(32)42;1-5-6-17-45-18-19-46-33(44)39-30(22-37-40-36)38-31(43)10-8-7-9-23(2)26-11-12-27-32-28(14-16-35(26,27)4)34(3)15-13-25(41)20-24(34)21-29(32)42/h1,8,10,22-30,32,41-43H,6-7,9,11-21H2,2-4H3,(H,38,44)(H,39,45);1,8,10,23-30,32,41-42H,6-7,9,11-22H2,2-4H3,(H,38,43)(H,39,44)/t22-,23+,24-,25-,26+,27+,28-,29+,30?,32+,34+,35-;23-,24+,25-,26-,27+,28+,29?,30?,32+,34+,35-/m11/s1. The molecule has 93 heavy (non-hydrogen) atoms. The van der Waals surface area contributed by atoms with Crippen LogP contribution in [0.25, 0.3) is 20.9 Å². The number of alkyl carbamates (subject to hydrolysis) is 2. The van der Waals surface area contributed by atoms with Crippen LogP contribution in [0.2, 0.25) is 0 Å². The average Bonchev–Trinajstić information content (AvgIpc) is 1.70. The van der Waals surface area contributed by atoms with Crippen molar-refractivity contribution in [2.24, 2.45) is 103 Å². The van der Waals surface area contributed by atoms with Crippen LogP contribution in [0.4, 0.5) is 9.59 Å². The number of hydrogen-bond acceptors (Lipinski definition) is 15. The zero-order valence-corrected chi connectivity index (χ0v) is 56.1. The van der Waals surface area contributed by atoms with Gasteiger partial charge in [0.1, 0.15) is 25.5 Å².